The molecule has 0 aliphatic heterocycles. The molecule has 1 aromatic carbocycles. The largest absolute Gasteiger partial charge is 0.354 e. The molecule has 4 nitrogen and oxygen atoms in total. The second-order valence-corrected chi connectivity index (χ2v) is 4.82. The summed E-state index contributed by atoms with van der Waals surface area (Å²) in [7, 11) is 0. The Balaban J connectivity index is 2.09. The summed E-state index contributed by atoms with van der Waals surface area (Å²) in [6.07, 6.45) is 1.43. The molecule has 1 heterocycles. The number of rotatable bonds is 5. The van der Waals surface area contributed by atoms with E-state index in [1.54, 1.807) is 6.92 Å². The van der Waals surface area contributed by atoms with Crippen molar-refractivity contribution >= 4 is 17.2 Å². The van der Waals surface area contributed by atoms with E-state index >= 15 is 0 Å². The molecule has 0 atom stereocenters. The van der Waals surface area contributed by atoms with E-state index in [0.29, 0.717) is 22.8 Å². The van der Waals surface area contributed by atoms with Crippen molar-refractivity contribution in [2.24, 2.45) is 0 Å². The Morgan fingerprint density at radius 3 is 2.75 bits per heavy atom. The van der Waals surface area contributed by atoms with Crippen LogP contribution in [0.4, 0.5) is 0 Å². The van der Waals surface area contributed by atoms with E-state index in [9.17, 15) is 4.79 Å². The third-order valence-corrected chi connectivity index (χ3v) is 3.04. The first-order valence-electron chi connectivity index (χ1n) is 6.12. The van der Waals surface area contributed by atoms with E-state index in [-0.39, 0.29) is 12.3 Å². The predicted octanol–water partition coefficient (Wildman–Crippen LogP) is 3.10. The topological polar surface area (TPSA) is 44.1 Å². The van der Waals surface area contributed by atoms with Crippen LogP contribution in [0.15, 0.2) is 47.9 Å². The molecule has 0 saturated heterocycles. The first-order chi connectivity index (χ1) is 9.59. The minimum atomic E-state index is -0.293. The van der Waals surface area contributed by atoms with Crippen LogP contribution in [-0.4, -0.2) is 9.78 Å². The van der Waals surface area contributed by atoms with Crippen molar-refractivity contribution in [3.8, 4) is 0 Å². The highest BCUT2D eigenvalue weighted by Crippen LogP contribution is 2.16. The van der Waals surface area contributed by atoms with Gasteiger partial charge in [-0.05, 0) is 18.1 Å². The molecule has 20 heavy (non-hydrogen) atoms. The lowest BCUT2D eigenvalue weighted by Crippen LogP contribution is -2.26. The molecule has 5 heteroatoms. The molecular weight excluding hydrogens is 276 g/mol. The van der Waals surface area contributed by atoms with Gasteiger partial charge in [-0.3, -0.25) is 4.79 Å². The molecule has 0 unspecified atom stereocenters. The Labute approximate surface area is 122 Å². The number of nitrogens with zero attached hydrogens (tertiary/aromatic N) is 2. The molecule has 104 valence electrons. The quantitative estimate of drug-likeness (QED) is 0.850. The molecule has 2 rings (SSSR count). The molecule has 0 bridgehead atoms. The summed E-state index contributed by atoms with van der Waals surface area (Å²) in [4.78, 5) is 12.1. The summed E-state index contributed by atoms with van der Waals surface area (Å²) < 4.78 is 6.72. The number of halogens is 1. The van der Waals surface area contributed by atoms with Crippen molar-refractivity contribution in [1.82, 2.24) is 9.78 Å². The maximum atomic E-state index is 12.1. The maximum absolute atomic E-state index is 12.1. The summed E-state index contributed by atoms with van der Waals surface area (Å²) in [5.74, 6) is 0. The average Bonchev–Trinajstić information content (AvgIpc) is 2.42. The van der Waals surface area contributed by atoms with E-state index in [1.807, 2.05) is 30.3 Å². The molecule has 0 spiro atoms. The summed E-state index contributed by atoms with van der Waals surface area (Å²) in [5.41, 5.74) is 1.73. The summed E-state index contributed by atoms with van der Waals surface area (Å²) in [6.45, 7) is 5.97. The maximum Gasteiger partial charge on any atom is 0.277 e. The van der Waals surface area contributed by atoms with Gasteiger partial charge in [-0.1, -0.05) is 48.5 Å². The van der Waals surface area contributed by atoms with Crippen LogP contribution in [0, 0.1) is 0 Å². The molecule has 0 saturated carbocycles. The second kappa shape index (κ2) is 6.50. The van der Waals surface area contributed by atoms with Crippen molar-refractivity contribution in [2.75, 3.05) is 0 Å². The lowest BCUT2D eigenvalue weighted by Gasteiger charge is -2.09. The van der Waals surface area contributed by atoms with Gasteiger partial charge in [0.25, 0.3) is 5.56 Å². The van der Waals surface area contributed by atoms with E-state index in [4.69, 9.17) is 16.3 Å². The molecular formula is C15H15ClN2O2. The van der Waals surface area contributed by atoms with Crippen LogP contribution in [0.25, 0.3) is 5.57 Å². The fourth-order valence-electron chi connectivity index (χ4n) is 1.77. The molecule has 2 aromatic rings. The number of hydrogen-bond acceptors (Lipinski definition) is 3. The first-order valence-corrected chi connectivity index (χ1v) is 6.50. The van der Waals surface area contributed by atoms with Crippen LogP contribution in [-0.2, 0) is 18.1 Å². The number of allylic oxidation sites excluding steroid dienone is 1. The Kier molecular flexibility index (Phi) is 4.71. The monoisotopic (exact) mass is 290 g/mol. The highest BCUT2D eigenvalue weighted by atomic mass is 35.5. The molecule has 0 N–H and O–H groups in total. The minimum absolute atomic E-state index is 0.0746. The lowest BCUT2D eigenvalue weighted by molar-refractivity contribution is 0.0528. The SMILES string of the molecule is C=C(C)c1c(Cl)cnn(COCc2ccccc2)c1=O. The second-order valence-electron chi connectivity index (χ2n) is 4.42. The third-order valence-electron chi connectivity index (χ3n) is 2.75. The van der Waals surface area contributed by atoms with Gasteiger partial charge in [0.05, 0.1) is 23.4 Å². The van der Waals surface area contributed by atoms with Crippen molar-refractivity contribution in [1.29, 1.82) is 0 Å². The Hall–Kier alpha value is -1.91. The van der Waals surface area contributed by atoms with E-state index < -0.39 is 0 Å². The molecule has 0 amide bonds. The number of ether oxygens (including phenoxy) is 1. The van der Waals surface area contributed by atoms with Crippen molar-refractivity contribution < 1.29 is 4.74 Å². The van der Waals surface area contributed by atoms with E-state index in [2.05, 4.69) is 11.7 Å². The molecule has 0 aliphatic rings. The van der Waals surface area contributed by atoms with E-state index in [0.717, 1.165) is 5.56 Å². The molecule has 0 aliphatic carbocycles. The summed E-state index contributed by atoms with van der Waals surface area (Å²) in [5, 5.41) is 4.27. The van der Waals surface area contributed by atoms with Crippen LogP contribution in [0.3, 0.4) is 0 Å². The molecule has 0 radical (unpaired) electrons. The summed E-state index contributed by atoms with van der Waals surface area (Å²) in [6, 6.07) is 9.72. The van der Waals surface area contributed by atoms with Crippen molar-refractivity contribution in [3.05, 3.63) is 69.6 Å². The Morgan fingerprint density at radius 1 is 1.40 bits per heavy atom. The van der Waals surface area contributed by atoms with Gasteiger partial charge in [0.2, 0.25) is 0 Å². The number of aromatic nitrogens is 2. The van der Waals surface area contributed by atoms with Crippen LogP contribution in [0.2, 0.25) is 5.02 Å². The van der Waals surface area contributed by atoms with Gasteiger partial charge in [-0.25, -0.2) is 4.68 Å². The predicted molar refractivity (Wildman–Crippen MR) is 79.4 cm³/mol. The van der Waals surface area contributed by atoms with Gasteiger partial charge in [0.1, 0.15) is 6.73 Å². The van der Waals surface area contributed by atoms with Gasteiger partial charge in [0.15, 0.2) is 0 Å². The van der Waals surface area contributed by atoms with Crippen LogP contribution >= 0.6 is 11.6 Å². The number of hydrogen-bond donors (Lipinski definition) is 0. The third kappa shape index (κ3) is 3.35. The highest BCUT2D eigenvalue weighted by molar-refractivity contribution is 6.32. The average molecular weight is 291 g/mol. The van der Waals surface area contributed by atoms with Gasteiger partial charge in [-0.2, -0.15) is 5.10 Å². The first kappa shape index (κ1) is 14.5. The van der Waals surface area contributed by atoms with Gasteiger partial charge in [0, 0.05) is 0 Å². The smallest absolute Gasteiger partial charge is 0.277 e. The Bertz CT molecular complexity index is 665. The van der Waals surface area contributed by atoms with E-state index in [1.165, 1.54) is 10.9 Å². The Morgan fingerprint density at radius 2 is 2.10 bits per heavy atom. The fraction of sp³-hybridized carbons (Fsp3) is 0.200. The molecule has 1 aromatic heterocycles. The van der Waals surface area contributed by atoms with Gasteiger partial charge < -0.3 is 4.74 Å². The van der Waals surface area contributed by atoms with Gasteiger partial charge >= 0.3 is 0 Å². The highest BCUT2D eigenvalue weighted by Gasteiger charge is 2.10. The summed E-state index contributed by atoms with van der Waals surface area (Å²) >= 11 is 5.95. The normalized spacial score (nSPS) is 10.5. The zero-order chi connectivity index (χ0) is 14.5. The van der Waals surface area contributed by atoms with Gasteiger partial charge in [-0.15, -0.1) is 0 Å². The standard InChI is InChI=1S/C15H15ClN2O2/c1-11(2)14-13(16)8-17-18(15(14)19)10-20-9-12-6-4-3-5-7-12/h3-8H,1,9-10H2,2H3. The fourth-order valence-corrected chi connectivity index (χ4v) is 2.06. The van der Waals surface area contributed by atoms with Crippen LogP contribution in [0.5, 0.6) is 0 Å². The minimum Gasteiger partial charge on any atom is -0.354 e. The lowest BCUT2D eigenvalue weighted by atomic mass is 10.2. The zero-order valence-electron chi connectivity index (χ0n) is 11.2. The van der Waals surface area contributed by atoms with Crippen LogP contribution in [0.1, 0.15) is 18.1 Å². The van der Waals surface area contributed by atoms with Crippen LogP contribution < -0.4 is 5.56 Å². The zero-order valence-corrected chi connectivity index (χ0v) is 11.9. The number of benzene rings is 1. The van der Waals surface area contributed by atoms with Crippen molar-refractivity contribution in [2.45, 2.75) is 20.3 Å². The molecule has 0 fully saturated rings. The van der Waals surface area contributed by atoms with Crippen molar-refractivity contribution in [3.63, 3.8) is 0 Å².